The topological polar surface area (TPSA) is 23.1 Å². The fourth-order valence-electron chi connectivity index (χ4n) is 0.249. The fraction of sp³-hybridized carbons (Fsp3) is 1.00. The summed E-state index contributed by atoms with van der Waals surface area (Å²) >= 11 is 0. The van der Waals surface area contributed by atoms with Gasteiger partial charge in [0.15, 0.2) is 0 Å². The number of hydrogen-bond donors (Lipinski definition) is 0. The first-order chi connectivity index (χ1) is 4.50. The van der Waals surface area contributed by atoms with Crippen LogP contribution in [0.5, 0.6) is 0 Å². The van der Waals surface area contributed by atoms with Crippen molar-refractivity contribution in [2.45, 2.75) is 24.9 Å². The van der Waals surface area contributed by atoms with Crippen LogP contribution in [0.4, 0.5) is 26.3 Å². The van der Waals surface area contributed by atoms with E-state index in [1.807, 2.05) is 0 Å². The van der Waals surface area contributed by atoms with E-state index in [0.717, 1.165) is 0 Å². The van der Waals surface area contributed by atoms with Crippen LogP contribution >= 0.6 is 0 Å². The van der Waals surface area contributed by atoms with Crippen LogP contribution in [0.15, 0.2) is 0 Å². The van der Waals surface area contributed by atoms with Gasteiger partial charge in [0.05, 0.1) is 0 Å². The summed E-state index contributed by atoms with van der Waals surface area (Å²) in [6.45, 7) is -0.423. The molecule has 0 amide bonds. The molecule has 0 aromatic heterocycles. The predicted molar refractivity (Wildman–Crippen MR) is 20.5 cm³/mol. The number of halogens is 6. The average Bonchev–Trinajstić information content (AvgIpc) is 1.58. The molecule has 8 heteroatoms. The van der Waals surface area contributed by atoms with Gasteiger partial charge in [0, 0.05) is 6.92 Å². The summed E-state index contributed by atoms with van der Waals surface area (Å²) in [6.07, 6.45) is -6.09. The minimum Gasteiger partial charge on any atom is -0.813 e. The van der Waals surface area contributed by atoms with Crippen molar-refractivity contribution in [3.63, 3.8) is 0 Å². The van der Waals surface area contributed by atoms with Crippen molar-refractivity contribution in [2.75, 3.05) is 0 Å². The molecule has 1 unspecified atom stereocenters. The Kier molecular flexibility index (Phi) is 4.25. The molecule has 0 aromatic rings. The molecule has 0 N–H and O–H groups in total. The fourth-order valence-corrected chi connectivity index (χ4v) is 0.249. The van der Waals surface area contributed by atoms with Gasteiger partial charge in [0.2, 0.25) is 5.85 Å². The van der Waals surface area contributed by atoms with Crippen LogP contribution in [0.2, 0.25) is 0 Å². The second-order valence-corrected chi connectivity index (χ2v) is 1.98. The Morgan fingerprint density at radius 1 is 0.917 bits per heavy atom. The van der Waals surface area contributed by atoms with Gasteiger partial charge in [0.1, 0.15) is 0 Å². The van der Waals surface area contributed by atoms with Crippen LogP contribution in [0, 0.1) is 0 Å². The maximum absolute atomic E-state index is 11.7. The van der Waals surface area contributed by atoms with Crippen molar-refractivity contribution in [3.8, 4) is 0 Å². The third-order valence-corrected chi connectivity index (χ3v) is 0.929. The van der Waals surface area contributed by atoms with Gasteiger partial charge < -0.3 is 5.11 Å². The monoisotopic (exact) mass is 188 g/mol. The molecule has 0 saturated heterocycles. The molecule has 12 heavy (non-hydrogen) atoms. The molecule has 1 atom stereocenters. The summed E-state index contributed by atoms with van der Waals surface area (Å²) < 4.78 is 68.3. The summed E-state index contributed by atoms with van der Waals surface area (Å²) in [6, 6.07) is 0. The molecule has 0 aromatic carbocycles. The molecular formula is C4H3F6LiO. The summed E-state index contributed by atoms with van der Waals surface area (Å²) in [7, 11) is 0. The smallest absolute Gasteiger partial charge is 0.813 e. The zero-order valence-corrected chi connectivity index (χ0v) is 6.18. The van der Waals surface area contributed by atoms with Crippen LogP contribution in [-0.2, 0) is 0 Å². The Labute approximate surface area is 75.9 Å². The molecular weight excluding hydrogens is 185 g/mol. The largest absolute Gasteiger partial charge is 1.00 e. The van der Waals surface area contributed by atoms with Gasteiger partial charge in [-0.3, -0.25) is 0 Å². The van der Waals surface area contributed by atoms with Crippen LogP contribution in [-0.4, -0.2) is 18.0 Å². The molecule has 0 heterocycles. The molecule has 0 saturated carbocycles. The molecule has 0 fully saturated rings. The van der Waals surface area contributed by atoms with Crippen molar-refractivity contribution in [1.29, 1.82) is 0 Å². The number of hydrogen-bond acceptors (Lipinski definition) is 1. The zero-order chi connectivity index (χ0) is 9.50. The Balaban J connectivity index is 0. The van der Waals surface area contributed by atoms with Crippen molar-refractivity contribution in [3.05, 3.63) is 0 Å². The van der Waals surface area contributed by atoms with E-state index < -0.39 is 24.9 Å². The van der Waals surface area contributed by atoms with E-state index in [-0.39, 0.29) is 18.9 Å². The molecule has 0 aliphatic rings. The molecule has 0 radical (unpaired) electrons. The van der Waals surface area contributed by atoms with Crippen LogP contribution in [0.3, 0.4) is 0 Å². The minimum absolute atomic E-state index is 0. The van der Waals surface area contributed by atoms with Gasteiger partial charge in [0.25, 0.3) is 5.92 Å². The average molecular weight is 188 g/mol. The van der Waals surface area contributed by atoms with Crippen molar-refractivity contribution in [2.24, 2.45) is 0 Å². The van der Waals surface area contributed by atoms with Gasteiger partial charge in [-0.2, -0.15) is 13.2 Å². The first kappa shape index (κ1) is 14.7. The first-order valence-corrected chi connectivity index (χ1v) is 2.34. The van der Waals surface area contributed by atoms with E-state index in [0.29, 0.717) is 0 Å². The number of alkyl halides is 6. The van der Waals surface area contributed by atoms with E-state index in [1.54, 1.807) is 0 Å². The van der Waals surface area contributed by atoms with Gasteiger partial charge in [-0.15, -0.1) is 0 Å². The second kappa shape index (κ2) is 3.48. The molecule has 0 aliphatic heterocycles. The van der Waals surface area contributed by atoms with E-state index >= 15 is 0 Å². The molecule has 0 aliphatic carbocycles. The van der Waals surface area contributed by atoms with E-state index in [1.165, 1.54) is 0 Å². The second-order valence-electron chi connectivity index (χ2n) is 1.98. The summed E-state index contributed by atoms with van der Waals surface area (Å²) in [5.41, 5.74) is 0. The van der Waals surface area contributed by atoms with Gasteiger partial charge in [-0.1, -0.05) is 0 Å². The predicted octanol–water partition coefficient (Wildman–Crippen LogP) is -1.77. The third kappa shape index (κ3) is 2.57. The zero-order valence-electron chi connectivity index (χ0n) is 6.18. The summed E-state index contributed by atoms with van der Waals surface area (Å²) in [5.74, 6) is -10.7. The SMILES string of the molecule is CC(F)(F)C([O-])(F)C(F)(F)F.[Li+]. The molecule has 0 rings (SSSR count). The molecule has 0 bridgehead atoms. The van der Waals surface area contributed by atoms with Crippen molar-refractivity contribution in [1.82, 2.24) is 0 Å². The maximum atomic E-state index is 11.7. The summed E-state index contributed by atoms with van der Waals surface area (Å²) in [4.78, 5) is 0. The van der Waals surface area contributed by atoms with E-state index in [4.69, 9.17) is 0 Å². The maximum Gasteiger partial charge on any atom is 1.00 e. The minimum atomic E-state index is -6.09. The number of rotatable bonds is 1. The Hall–Kier alpha value is 0.137. The Morgan fingerprint density at radius 2 is 1.17 bits per heavy atom. The standard InChI is InChI=1S/C4H3F6O.Li/c1-2(5,6)3(7,11)4(8,9)10;/h1H3;/q-1;+1. The molecule has 1 nitrogen and oxygen atoms in total. The van der Waals surface area contributed by atoms with Crippen molar-refractivity contribution < 1.29 is 50.3 Å². The quantitative estimate of drug-likeness (QED) is 0.353. The van der Waals surface area contributed by atoms with Gasteiger partial charge >= 0.3 is 25.0 Å². The van der Waals surface area contributed by atoms with Crippen LogP contribution in [0.1, 0.15) is 6.92 Å². The van der Waals surface area contributed by atoms with Crippen LogP contribution < -0.4 is 24.0 Å². The summed E-state index contributed by atoms with van der Waals surface area (Å²) in [5, 5.41) is 9.60. The van der Waals surface area contributed by atoms with Gasteiger partial charge in [-0.05, 0) is 0 Å². The third-order valence-electron chi connectivity index (χ3n) is 0.929. The molecule has 0 spiro atoms. The van der Waals surface area contributed by atoms with E-state index in [2.05, 4.69) is 0 Å². The Bertz CT molecular complexity index is 131. The normalized spacial score (nSPS) is 18.0. The van der Waals surface area contributed by atoms with Gasteiger partial charge in [-0.25, -0.2) is 13.2 Å². The van der Waals surface area contributed by atoms with Crippen molar-refractivity contribution >= 4 is 0 Å². The van der Waals surface area contributed by atoms with E-state index in [9.17, 15) is 31.4 Å². The molecule has 68 valence electrons. The Morgan fingerprint density at radius 3 is 1.17 bits per heavy atom. The first-order valence-electron chi connectivity index (χ1n) is 2.34. The van der Waals surface area contributed by atoms with Crippen LogP contribution in [0.25, 0.3) is 0 Å².